The van der Waals surface area contributed by atoms with Crippen LogP contribution in [-0.2, 0) is 11.8 Å². The van der Waals surface area contributed by atoms with Crippen LogP contribution in [0.25, 0.3) is 5.69 Å². The van der Waals surface area contributed by atoms with Gasteiger partial charge in [-0.05, 0) is 42.9 Å². The molecule has 0 saturated carbocycles. The summed E-state index contributed by atoms with van der Waals surface area (Å²) in [6.07, 6.45) is 3.25. The van der Waals surface area contributed by atoms with Crippen LogP contribution < -0.4 is 5.73 Å². The number of nitrogen functional groups attached to an aromatic ring is 1. The number of aryl methyl sites for hydroxylation is 1. The molecule has 0 radical (unpaired) electrons. The van der Waals surface area contributed by atoms with Gasteiger partial charge in [-0.25, -0.2) is 4.68 Å². The first-order valence-electron chi connectivity index (χ1n) is 6.73. The first-order valence-corrected chi connectivity index (χ1v) is 7.49. The van der Waals surface area contributed by atoms with Crippen LogP contribution in [0.2, 0.25) is 10.0 Å². The van der Waals surface area contributed by atoms with Gasteiger partial charge in [0.05, 0.1) is 16.4 Å². The van der Waals surface area contributed by atoms with Crippen LogP contribution in [0.1, 0.15) is 37.9 Å². The Kier molecular flexibility index (Phi) is 3.22. The third kappa shape index (κ3) is 2.09. The van der Waals surface area contributed by atoms with Gasteiger partial charge in [0.15, 0.2) is 0 Å². The summed E-state index contributed by atoms with van der Waals surface area (Å²) in [6.45, 7) is 4.44. The number of aromatic nitrogens is 2. The van der Waals surface area contributed by atoms with Gasteiger partial charge in [0.25, 0.3) is 0 Å². The van der Waals surface area contributed by atoms with E-state index in [-0.39, 0.29) is 5.41 Å². The molecule has 1 aliphatic rings. The topological polar surface area (TPSA) is 43.8 Å². The molecule has 5 heteroatoms. The molecule has 2 N–H and O–H groups in total. The first-order chi connectivity index (χ1) is 9.40. The number of nitrogens with two attached hydrogens (primary N) is 1. The second-order valence-electron chi connectivity index (χ2n) is 5.95. The molecule has 0 bridgehead atoms. The number of halogens is 2. The molecule has 0 unspecified atom stereocenters. The Morgan fingerprint density at radius 2 is 2.05 bits per heavy atom. The van der Waals surface area contributed by atoms with E-state index in [1.807, 2.05) is 6.07 Å². The quantitative estimate of drug-likeness (QED) is 0.849. The summed E-state index contributed by atoms with van der Waals surface area (Å²) >= 11 is 12.2. The van der Waals surface area contributed by atoms with Crippen molar-refractivity contribution in [2.75, 3.05) is 5.73 Å². The number of benzene rings is 1. The minimum Gasteiger partial charge on any atom is -0.383 e. The Labute approximate surface area is 128 Å². The Bertz CT molecular complexity index is 674. The van der Waals surface area contributed by atoms with Crippen LogP contribution in [0.15, 0.2) is 18.2 Å². The maximum Gasteiger partial charge on any atom is 0.131 e. The third-order valence-corrected chi connectivity index (χ3v) is 4.56. The molecule has 0 saturated heterocycles. The van der Waals surface area contributed by atoms with Gasteiger partial charge in [0.1, 0.15) is 5.82 Å². The van der Waals surface area contributed by atoms with E-state index in [1.165, 1.54) is 0 Å². The largest absolute Gasteiger partial charge is 0.383 e. The summed E-state index contributed by atoms with van der Waals surface area (Å²) in [5.74, 6) is 0.689. The fourth-order valence-corrected chi connectivity index (χ4v) is 3.54. The number of rotatable bonds is 1. The van der Waals surface area contributed by atoms with E-state index in [0.717, 1.165) is 36.2 Å². The molecule has 1 aromatic heterocycles. The molecule has 0 spiro atoms. The second kappa shape index (κ2) is 4.68. The minimum absolute atomic E-state index is 0.0643. The highest BCUT2D eigenvalue weighted by molar-refractivity contribution is 6.35. The molecule has 3 nitrogen and oxygen atoms in total. The number of hydrogen-bond donors (Lipinski definition) is 1. The number of anilines is 1. The minimum atomic E-state index is 0.0643. The zero-order chi connectivity index (χ0) is 14.5. The maximum absolute atomic E-state index is 6.35. The average Bonchev–Trinajstić information content (AvgIpc) is 2.67. The van der Waals surface area contributed by atoms with Gasteiger partial charge < -0.3 is 5.73 Å². The van der Waals surface area contributed by atoms with Gasteiger partial charge in [-0.2, -0.15) is 5.10 Å². The zero-order valence-corrected chi connectivity index (χ0v) is 13.1. The van der Waals surface area contributed by atoms with Crippen LogP contribution in [0.4, 0.5) is 5.82 Å². The van der Waals surface area contributed by atoms with Crippen LogP contribution in [0.5, 0.6) is 0 Å². The molecule has 0 atom stereocenters. The first kappa shape index (κ1) is 13.8. The molecule has 0 amide bonds. The van der Waals surface area contributed by atoms with E-state index >= 15 is 0 Å². The average molecular weight is 310 g/mol. The summed E-state index contributed by atoms with van der Waals surface area (Å²) in [4.78, 5) is 0. The predicted molar refractivity (Wildman–Crippen MR) is 84.0 cm³/mol. The van der Waals surface area contributed by atoms with Crippen molar-refractivity contribution >= 4 is 29.0 Å². The van der Waals surface area contributed by atoms with Crippen LogP contribution in [0.3, 0.4) is 0 Å². The van der Waals surface area contributed by atoms with Gasteiger partial charge in [-0.1, -0.05) is 37.0 Å². The van der Waals surface area contributed by atoms with E-state index in [2.05, 4.69) is 18.9 Å². The van der Waals surface area contributed by atoms with Crippen molar-refractivity contribution in [1.82, 2.24) is 9.78 Å². The van der Waals surface area contributed by atoms with E-state index < -0.39 is 0 Å². The van der Waals surface area contributed by atoms with E-state index in [4.69, 9.17) is 28.9 Å². The maximum atomic E-state index is 6.35. The molecule has 106 valence electrons. The van der Waals surface area contributed by atoms with Gasteiger partial charge in [-0.15, -0.1) is 0 Å². The second-order valence-corrected chi connectivity index (χ2v) is 6.80. The highest BCUT2D eigenvalue weighted by atomic mass is 35.5. The van der Waals surface area contributed by atoms with Crippen molar-refractivity contribution in [3.63, 3.8) is 0 Å². The Morgan fingerprint density at radius 1 is 1.30 bits per heavy atom. The van der Waals surface area contributed by atoms with Crippen LogP contribution in [0, 0.1) is 0 Å². The lowest BCUT2D eigenvalue weighted by Crippen LogP contribution is -2.24. The smallest absolute Gasteiger partial charge is 0.131 e. The lowest BCUT2D eigenvalue weighted by molar-refractivity contribution is 0.432. The Balaban J connectivity index is 2.19. The summed E-state index contributed by atoms with van der Waals surface area (Å²) in [7, 11) is 0. The van der Waals surface area contributed by atoms with Crippen molar-refractivity contribution in [2.45, 2.75) is 38.5 Å². The van der Waals surface area contributed by atoms with E-state index in [1.54, 1.807) is 16.8 Å². The van der Waals surface area contributed by atoms with E-state index in [0.29, 0.717) is 15.9 Å². The fraction of sp³-hybridized carbons (Fsp3) is 0.400. The molecule has 1 aliphatic carbocycles. The van der Waals surface area contributed by atoms with Crippen molar-refractivity contribution in [2.24, 2.45) is 0 Å². The predicted octanol–water partition coefficient (Wildman–Crippen LogP) is 4.38. The molecule has 3 rings (SSSR count). The zero-order valence-electron chi connectivity index (χ0n) is 11.6. The number of nitrogens with zero attached hydrogens (tertiary/aromatic N) is 2. The van der Waals surface area contributed by atoms with Gasteiger partial charge in [0.2, 0.25) is 0 Å². The summed E-state index contributed by atoms with van der Waals surface area (Å²) < 4.78 is 1.75. The summed E-state index contributed by atoms with van der Waals surface area (Å²) in [6, 6.07) is 5.37. The standard InChI is InChI=1S/C15H17Cl2N3/c1-15(2)7-3-4-11-13(15)14(18)20(19-11)12-6-5-9(16)8-10(12)17/h5-6,8H,3-4,7,18H2,1-2H3. The third-order valence-electron chi connectivity index (χ3n) is 4.02. The van der Waals surface area contributed by atoms with E-state index in [9.17, 15) is 0 Å². The molecule has 2 aromatic rings. The Hall–Kier alpha value is -1.19. The van der Waals surface area contributed by atoms with Crippen molar-refractivity contribution in [3.05, 3.63) is 39.5 Å². The molecular formula is C15H17Cl2N3. The SMILES string of the molecule is CC1(C)CCCc2nn(-c3ccc(Cl)cc3Cl)c(N)c21. The molecular weight excluding hydrogens is 293 g/mol. The highest BCUT2D eigenvalue weighted by Crippen LogP contribution is 2.41. The highest BCUT2D eigenvalue weighted by Gasteiger charge is 2.33. The molecule has 0 aliphatic heterocycles. The molecule has 1 aromatic carbocycles. The van der Waals surface area contributed by atoms with Crippen LogP contribution in [-0.4, -0.2) is 9.78 Å². The van der Waals surface area contributed by atoms with Crippen molar-refractivity contribution in [3.8, 4) is 5.69 Å². The van der Waals surface area contributed by atoms with Crippen LogP contribution >= 0.6 is 23.2 Å². The Morgan fingerprint density at radius 3 is 2.70 bits per heavy atom. The van der Waals surface area contributed by atoms with Gasteiger partial charge >= 0.3 is 0 Å². The molecule has 0 fully saturated rings. The number of hydrogen-bond acceptors (Lipinski definition) is 2. The van der Waals surface area contributed by atoms with Crippen molar-refractivity contribution < 1.29 is 0 Å². The summed E-state index contributed by atoms with van der Waals surface area (Å²) in [5.41, 5.74) is 9.44. The lowest BCUT2D eigenvalue weighted by Gasteiger charge is -2.29. The number of fused-ring (bicyclic) bond motifs is 1. The lowest BCUT2D eigenvalue weighted by atomic mass is 9.75. The van der Waals surface area contributed by atoms with Crippen molar-refractivity contribution in [1.29, 1.82) is 0 Å². The normalized spacial score (nSPS) is 17.0. The monoisotopic (exact) mass is 309 g/mol. The van der Waals surface area contributed by atoms with Gasteiger partial charge in [0, 0.05) is 10.6 Å². The molecule has 20 heavy (non-hydrogen) atoms. The van der Waals surface area contributed by atoms with Gasteiger partial charge in [-0.3, -0.25) is 0 Å². The molecule has 1 heterocycles. The summed E-state index contributed by atoms with van der Waals surface area (Å²) in [5, 5.41) is 5.83. The fourth-order valence-electron chi connectivity index (χ4n) is 3.05.